The summed E-state index contributed by atoms with van der Waals surface area (Å²) in [6, 6.07) is 26.3. The summed E-state index contributed by atoms with van der Waals surface area (Å²) in [6.07, 6.45) is 0. The zero-order valence-corrected chi connectivity index (χ0v) is 19.1. The molecule has 0 amide bonds. The van der Waals surface area contributed by atoms with Gasteiger partial charge in [-0.15, -0.1) is 0 Å². The lowest BCUT2D eigenvalue weighted by Gasteiger charge is -2.21. The van der Waals surface area contributed by atoms with E-state index in [1.165, 1.54) is 38.4 Å². The second-order valence-corrected chi connectivity index (χ2v) is 9.35. The average Bonchev–Trinajstić information content (AvgIpc) is 2.86. The molecule has 7 heteroatoms. The third-order valence-electron chi connectivity index (χ3n) is 5.41. The molecule has 33 heavy (non-hydrogen) atoms. The Morgan fingerprint density at radius 3 is 2.27 bits per heavy atom. The molecule has 0 saturated carbocycles. The maximum atomic E-state index is 13.1. The summed E-state index contributed by atoms with van der Waals surface area (Å²) >= 11 is 0. The summed E-state index contributed by atoms with van der Waals surface area (Å²) in [5.41, 5.74) is 1.59. The van der Waals surface area contributed by atoms with E-state index in [-0.39, 0.29) is 17.1 Å². The monoisotopic (exact) mass is 461 g/mol. The van der Waals surface area contributed by atoms with Crippen LogP contribution in [0, 0.1) is 0 Å². The summed E-state index contributed by atoms with van der Waals surface area (Å²) in [7, 11) is -0.904. The van der Waals surface area contributed by atoms with Crippen molar-refractivity contribution in [3.63, 3.8) is 0 Å². The number of hydrogen-bond acceptors (Lipinski definition) is 5. The van der Waals surface area contributed by atoms with E-state index in [1.54, 1.807) is 24.3 Å². The molecule has 0 fully saturated rings. The van der Waals surface area contributed by atoms with Crippen molar-refractivity contribution in [1.82, 2.24) is 0 Å². The lowest BCUT2D eigenvalue weighted by molar-refractivity contribution is 0.0474. The molecule has 0 heterocycles. The highest BCUT2D eigenvalue weighted by molar-refractivity contribution is 7.92. The number of nitrogens with zero attached hydrogens (tertiary/aromatic N) is 1. The Bertz CT molecular complexity index is 1390. The van der Waals surface area contributed by atoms with Crippen molar-refractivity contribution in [3.05, 3.63) is 102 Å². The van der Waals surface area contributed by atoms with Gasteiger partial charge < -0.3 is 9.47 Å². The van der Waals surface area contributed by atoms with Crippen molar-refractivity contribution in [2.45, 2.75) is 11.5 Å². The molecule has 0 aliphatic rings. The number of methoxy groups -OCH3 is 1. The summed E-state index contributed by atoms with van der Waals surface area (Å²) in [5, 5.41) is 2.09. The van der Waals surface area contributed by atoms with Gasteiger partial charge in [-0.2, -0.15) is 0 Å². The van der Waals surface area contributed by atoms with Crippen LogP contribution in [0.3, 0.4) is 0 Å². The fourth-order valence-electron chi connectivity index (χ4n) is 3.59. The molecule has 0 aliphatic carbocycles. The summed E-state index contributed by atoms with van der Waals surface area (Å²) in [6.45, 7) is 0.122. The Morgan fingerprint density at radius 2 is 1.52 bits per heavy atom. The zero-order valence-electron chi connectivity index (χ0n) is 18.3. The van der Waals surface area contributed by atoms with Crippen LogP contribution in [0.15, 0.2) is 95.9 Å². The van der Waals surface area contributed by atoms with Crippen LogP contribution in [0.2, 0.25) is 0 Å². The van der Waals surface area contributed by atoms with Gasteiger partial charge >= 0.3 is 5.97 Å². The molecule has 0 spiro atoms. The van der Waals surface area contributed by atoms with E-state index < -0.39 is 16.0 Å². The number of hydrogen-bond donors (Lipinski definition) is 0. The molecule has 0 unspecified atom stereocenters. The average molecular weight is 462 g/mol. The maximum absolute atomic E-state index is 13.1. The van der Waals surface area contributed by atoms with Crippen molar-refractivity contribution in [2.24, 2.45) is 0 Å². The van der Waals surface area contributed by atoms with E-state index in [0.717, 1.165) is 20.6 Å². The van der Waals surface area contributed by atoms with Crippen LogP contribution in [-0.2, 0) is 21.4 Å². The highest BCUT2D eigenvalue weighted by atomic mass is 32.2. The Balaban J connectivity index is 1.50. The Hall–Kier alpha value is -3.84. The number of rotatable bonds is 7. The van der Waals surface area contributed by atoms with Crippen molar-refractivity contribution in [2.75, 3.05) is 18.5 Å². The Labute approximate surface area is 193 Å². The van der Waals surface area contributed by atoms with Crippen molar-refractivity contribution in [1.29, 1.82) is 0 Å². The first-order valence-electron chi connectivity index (χ1n) is 10.3. The summed E-state index contributed by atoms with van der Waals surface area (Å²) < 4.78 is 38.0. The fraction of sp³-hybridized carbons (Fsp3) is 0.115. The normalized spacial score (nSPS) is 11.2. The molecule has 0 saturated heterocycles. The molecular formula is C26H23NO5S. The minimum Gasteiger partial charge on any atom is -0.495 e. The SMILES string of the molecule is COc1ccccc1N(C)S(=O)(=O)c1ccc(C(=O)OCc2cccc3ccccc23)cc1. The number of ether oxygens (including phenoxy) is 2. The molecule has 0 atom stereocenters. The van der Waals surface area contributed by atoms with Crippen LogP contribution in [0.25, 0.3) is 10.8 Å². The van der Waals surface area contributed by atoms with Gasteiger partial charge in [-0.3, -0.25) is 4.31 Å². The lowest BCUT2D eigenvalue weighted by Crippen LogP contribution is -2.27. The number of fused-ring (bicyclic) bond motifs is 1. The topological polar surface area (TPSA) is 72.9 Å². The van der Waals surface area contributed by atoms with Gasteiger partial charge in [0.25, 0.3) is 10.0 Å². The van der Waals surface area contributed by atoms with E-state index in [9.17, 15) is 13.2 Å². The van der Waals surface area contributed by atoms with Gasteiger partial charge in [0.2, 0.25) is 0 Å². The van der Waals surface area contributed by atoms with Crippen LogP contribution in [0.1, 0.15) is 15.9 Å². The highest BCUT2D eigenvalue weighted by Crippen LogP contribution is 2.31. The second kappa shape index (κ2) is 9.34. The summed E-state index contributed by atoms with van der Waals surface area (Å²) in [5.74, 6) is -0.0813. The van der Waals surface area contributed by atoms with Gasteiger partial charge in [0.1, 0.15) is 12.4 Å². The van der Waals surface area contributed by atoms with Crippen LogP contribution < -0.4 is 9.04 Å². The lowest BCUT2D eigenvalue weighted by atomic mass is 10.1. The smallest absolute Gasteiger partial charge is 0.338 e. The van der Waals surface area contributed by atoms with E-state index in [0.29, 0.717) is 11.4 Å². The van der Waals surface area contributed by atoms with Gasteiger partial charge in [-0.05, 0) is 52.7 Å². The van der Waals surface area contributed by atoms with Crippen LogP contribution in [0.5, 0.6) is 5.75 Å². The van der Waals surface area contributed by atoms with E-state index >= 15 is 0 Å². The highest BCUT2D eigenvalue weighted by Gasteiger charge is 2.24. The first-order valence-corrected chi connectivity index (χ1v) is 11.7. The van der Waals surface area contributed by atoms with Gasteiger partial charge in [-0.25, -0.2) is 13.2 Å². The van der Waals surface area contributed by atoms with E-state index in [1.807, 2.05) is 42.5 Å². The predicted molar refractivity (Wildman–Crippen MR) is 128 cm³/mol. The number of benzene rings is 4. The van der Waals surface area contributed by atoms with Gasteiger partial charge in [0.05, 0.1) is 23.3 Å². The number of carbonyl (C=O) groups excluding carboxylic acids is 1. The zero-order chi connectivity index (χ0) is 23.4. The van der Waals surface area contributed by atoms with Crippen LogP contribution in [0.4, 0.5) is 5.69 Å². The predicted octanol–water partition coefficient (Wildman–Crippen LogP) is 5.03. The van der Waals surface area contributed by atoms with Crippen molar-refractivity contribution < 1.29 is 22.7 Å². The second-order valence-electron chi connectivity index (χ2n) is 7.38. The number of sulfonamides is 1. The minimum atomic E-state index is -3.85. The van der Waals surface area contributed by atoms with E-state index in [4.69, 9.17) is 9.47 Å². The number of carbonyl (C=O) groups is 1. The fourth-order valence-corrected chi connectivity index (χ4v) is 4.79. The quantitative estimate of drug-likeness (QED) is 0.361. The molecular weight excluding hydrogens is 438 g/mol. The molecule has 4 aromatic carbocycles. The molecule has 0 radical (unpaired) electrons. The first kappa shape index (κ1) is 22.4. The third-order valence-corrected chi connectivity index (χ3v) is 7.20. The summed E-state index contributed by atoms with van der Waals surface area (Å²) in [4.78, 5) is 12.6. The molecule has 0 aromatic heterocycles. The van der Waals surface area contributed by atoms with Gasteiger partial charge in [0, 0.05) is 7.05 Å². The van der Waals surface area contributed by atoms with Gasteiger partial charge in [0.15, 0.2) is 0 Å². The van der Waals surface area contributed by atoms with E-state index in [2.05, 4.69) is 0 Å². The number of para-hydroxylation sites is 2. The molecule has 0 aliphatic heterocycles. The van der Waals surface area contributed by atoms with Crippen LogP contribution in [-0.4, -0.2) is 28.5 Å². The number of anilines is 1. The van der Waals surface area contributed by atoms with Crippen LogP contribution >= 0.6 is 0 Å². The van der Waals surface area contributed by atoms with Gasteiger partial charge in [-0.1, -0.05) is 54.6 Å². The molecule has 168 valence electrons. The standard InChI is InChI=1S/C26H23NO5S/c1-27(24-12-5-6-13-25(24)31-2)33(29,30)22-16-14-20(15-17-22)26(28)32-18-21-10-7-9-19-8-3-4-11-23(19)21/h3-17H,18H2,1-2H3. The molecule has 4 rings (SSSR count). The first-order chi connectivity index (χ1) is 15.9. The molecule has 6 nitrogen and oxygen atoms in total. The largest absolute Gasteiger partial charge is 0.495 e. The van der Waals surface area contributed by atoms with Crippen molar-refractivity contribution >= 4 is 32.5 Å². The number of esters is 1. The Kier molecular flexibility index (Phi) is 6.33. The minimum absolute atomic E-state index is 0.0570. The molecule has 4 aromatic rings. The molecule has 0 N–H and O–H groups in total. The Morgan fingerprint density at radius 1 is 0.848 bits per heavy atom. The maximum Gasteiger partial charge on any atom is 0.338 e. The third kappa shape index (κ3) is 4.54. The van der Waals surface area contributed by atoms with Crippen molar-refractivity contribution in [3.8, 4) is 5.75 Å². The molecule has 0 bridgehead atoms.